The highest BCUT2D eigenvalue weighted by atomic mass is 19.4. The lowest BCUT2D eigenvalue weighted by Crippen LogP contribution is -2.09. The minimum atomic E-state index is -4.67. The van der Waals surface area contributed by atoms with Crippen molar-refractivity contribution in [3.05, 3.63) is 65.5 Å². The second kappa shape index (κ2) is 5.53. The summed E-state index contributed by atoms with van der Waals surface area (Å²) in [5, 5.41) is 9.65. The van der Waals surface area contributed by atoms with E-state index in [2.05, 4.69) is 0 Å². The summed E-state index contributed by atoms with van der Waals surface area (Å²) in [5.41, 5.74) is 3.74. The smallest absolute Gasteiger partial charge is 0.397 e. The molecule has 24 heavy (non-hydrogen) atoms. The first-order chi connectivity index (χ1) is 11.4. The molecule has 3 rings (SSSR count). The summed E-state index contributed by atoms with van der Waals surface area (Å²) in [6.07, 6.45) is -4.67. The number of rotatable bonds is 1. The van der Waals surface area contributed by atoms with E-state index in [0.717, 1.165) is 12.1 Å². The third kappa shape index (κ3) is 2.35. The first kappa shape index (κ1) is 15.8. The number of nitrogens with two attached hydrogens (primary N) is 1. The highest BCUT2D eigenvalue weighted by molar-refractivity contribution is 6.00. The number of alkyl halides is 3. The number of nitrogens with zero attached hydrogens (tertiary/aromatic N) is 1. The van der Waals surface area contributed by atoms with Gasteiger partial charge < -0.3 is 5.73 Å². The average Bonchev–Trinajstić information content (AvgIpc) is 2.55. The summed E-state index contributed by atoms with van der Waals surface area (Å²) in [7, 11) is 0. The molecule has 0 aliphatic carbocycles. The van der Waals surface area contributed by atoms with Crippen molar-refractivity contribution in [2.24, 2.45) is 0 Å². The third-order valence-corrected chi connectivity index (χ3v) is 3.80. The molecule has 6 heteroatoms. The van der Waals surface area contributed by atoms with Gasteiger partial charge in [0.1, 0.15) is 11.9 Å². The van der Waals surface area contributed by atoms with Crippen molar-refractivity contribution in [2.75, 3.05) is 5.73 Å². The van der Waals surface area contributed by atoms with Gasteiger partial charge >= 0.3 is 6.18 Å². The minimum absolute atomic E-state index is 0.0426. The fourth-order valence-corrected chi connectivity index (χ4v) is 2.75. The fourth-order valence-electron chi connectivity index (χ4n) is 2.75. The quantitative estimate of drug-likeness (QED) is 0.497. The normalized spacial score (nSPS) is 11.5. The standard InChI is InChI=1S/C18H10F4N2/c19-16-11-6-2-1-5-10(11)13(9-23)17(24)15(16)12-7-3-4-8-14(12)18(20,21)22/h1-8H,24H2. The molecule has 0 spiro atoms. The number of nitriles is 1. The van der Waals surface area contributed by atoms with Crippen LogP contribution in [-0.2, 0) is 6.18 Å². The molecular formula is C18H10F4N2. The van der Waals surface area contributed by atoms with E-state index in [1.807, 2.05) is 6.07 Å². The van der Waals surface area contributed by atoms with Gasteiger partial charge in [0, 0.05) is 16.3 Å². The molecule has 2 N–H and O–H groups in total. The Balaban J connectivity index is 2.48. The van der Waals surface area contributed by atoms with Crippen molar-refractivity contribution in [3.8, 4) is 17.2 Å². The van der Waals surface area contributed by atoms with Crippen LogP contribution in [0.25, 0.3) is 21.9 Å². The first-order valence-corrected chi connectivity index (χ1v) is 6.92. The number of anilines is 1. The molecule has 0 aliphatic rings. The summed E-state index contributed by atoms with van der Waals surface area (Å²) in [6, 6.07) is 12.5. The van der Waals surface area contributed by atoms with E-state index in [-0.39, 0.29) is 27.6 Å². The van der Waals surface area contributed by atoms with Crippen LogP contribution < -0.4 is 5.73 Å². The fraction of sp³-hybridized carbons (Fsp3) is 0.0556. The van der Waals surface area contributed by atoms with Crippen LogP contribution >= 0.6 is 0 Å². The van der Waals surface area contributed by atoms with Crippen molar-refractivity contribution in [1.82, 2.24) is 0 Å². The van der Waals surface area contributed by atoms with Gasteiger partial charge in [0.05, 0.1) is 16.8 Å². The van der Waals surface area contributed by atoms with E-state index < -0.39 is 23.1 Å². The summed E-state index contributed by atoms with van der Waals surface area (Å²) >= 11 is 0. The Hall–Kier alpha value is -3.07. The maximum absolute atomic E-state index is 14.9. The number of benzene rings is 3. The molecule has 0 fully saturated rings. The zero-order chi connectivity index (χ0) is 17.5. The second-order valence-electron chi connectivity index (χ2n) is 5.18. The summed E-state index contributed by atoms with van der Waals surface area (Å²) in [4.78, 5) is 0. The molecular weight excluding hydrogens is 320 g/mol. The molecule has 0 heterocycles. The number of halogens is 4. The molecule has 0 amide bonds. The van der Waals surface area contributed by atoms with Gasteiger partial charge in [0.15, 0.2) is 0 Å². The number of nitrogen functional groups attached to an aromatic ring is 1. The molecule has 3 aromatic carbocycles. The van der Waals surface area contributed by atoms with Gasteiger partial charge in [0.2, 0.25) is 0 Å². The zero-order valence-electron chi connectivity index (χ0n) is 12.2. The van der Waals surface area contributed by atoms with E-state index in [1.54, 1.807) is 12.1 Å². The van der Waals surface area contributed by atoms with Crippen molar-refractivity contribution < 1.29 is 17.6 Å². The molecule has 0 bridgehead atoms. The summed E-state index contributed by atoms with van der Waals surface area (Å²) < 4.78 is 54.7. The lowest BCUT2D eigenvalue weighted by molar-refractivity contribution is -0.137. The molecule has 0 atom stereocenters. The van der Waals surface area contributed by atoms with Crippen LogP contribution in [0.4, 0.5) is 23.2 Å². The molecule has 120 valence electrons. The van der Waals surface area contributed by atoms with Crippen molar-refractivity contribution in [2.45, 2.75) is 6.18 Å². The second-order valence-corrected chi connectivity index (χ2v) is 5.18. The Labute approximate surface area is 134 Å². The highest BCUT2D eigenvalue weighted by Crippen LogP contribution is 2.43. The van der Waals surface area contributed by atoms with Crippen molar-refractivity contribution in [1.29, 1.82) is 5.26 Å². The van der Waals surface area contributed by atoms with Crippen molar-refractivity contribution >= 4 is 16.5 Å². The van der Waals surface area contributed by atoms with Gasteiger partial charge in [-0.15, -0.1) is 0 Å². The Morgan fingerprint density at radius 3 is 2.12 bits per heavy atom. The van der Waals surface area contributed by atoms with Gasteiger partial charge in [0.25, 0.3) is 0 Å². The molecule has 0 saturated heterocycles. The molecule has 0 aliphatic heterocycles. The van der Waals surface area contributed by atoms with E-state index in [4.69, 9.17) is 5.73 Å². The summed E-state index contributed by atoms with van der Waals surface area (Å²) in [6.45, 7) is 0. The van der Waals surface area contributed by atoms with Crippen LogP contribution in [0, 0.1) is 17.1 Å². The lowest BCUT2D eigenvalue weighted by Gasteiger charge is -2.17. The summed E-state index contributed by atoms with van der Waals surface area (Å²) in [5.74, 6) is -0.876. The van der Waals surface area contributed by atoms with Crippen LogP contribution in [0.5, 0.6) is 0 Å². The minimum Gasteiger partial charge on any atom is -0.397 e. The largest absolute Gasteiger partial charge is 0.417 e. The SMILES string of the molecule is N#Cc1c(N)c(-c2ccccc2C(F)(F)F)c(F)c2ccccc12. The van der Waals surface area contributed by atoms with Crippen LogP contribution in [0.2, 0.25) is 0 Å². The van der Waals surface area contributed by atoms with E-state index in [1.165, 1.54) is 24.3 Å². The maximum Gasteiger partial charge on any atom is 0.417 e. The van der Waals surface area contributed by atoms with Gasteiger partial charge in [-0.25, -0.2) is 4.39 Å². The topological polar surface area (TPSA) is 49.8 Å². The molecule has 0 aromatic heterocycles. The molecule has 0 saturated carbocycles. The Morgan fingerprint density at radius 2 is 1.50 bits per heavy atom. The average molecular weight is 330 g/mol. The van der Waals surface area contributed by atoms with Gasteiger partial charge in [-0.3, -0.25) is 0 Å². The van der Waals surface area contributed by atoms with E-state index in [9.17, 15) is 22.8 Å². The maximum atomic E-state index is 14.9. The van der Waals surface area contributed by atoms with Crippen LogP contribution in [0.3, 0.4) is 0 Å². The highest BCUT2D eigenvalue weighted by Gasteiger charge is 2.35. The molecule has 2 nitrogen and oxygen atoms in total. The predicted octanol–water partition coefficient (Wildman–Crippen LogP) is 5.12. The Morgan fingerprint density at radius 1 is 0.917 bits per heavy atom. The van der Waals surface area contributed by atoms with Gasteiger partial charge in [-0.1, -0.05) is 42.5 Å². The van der Waals surface area contributed by atoms with E-state index >= 15 is 0 Å². The molecule has 3 aromatic rings. The lowest BCUT2D eigenvalue weighted by atomic mass is 9.91. The number of hydrogen-bond donors (Lipinski definition) is 1. The van der Waals surface area contributed by atoms with Gasteiger partial charge in [-0.05, 0) is 11.6 Å². The van der Waals surface area contributed by atoms with Crippen molar-refractivity contribution in [3.63, 3.8) is 0 Å². The van der Waals surface area contributed by atoms with Crippen LogP contribution in [-0.4, -0.2) is 0 Å². The monoisotopic (exact) mass is 330 g/mol. The zero-order valence-corrected chi connectivity index (χ0v) is 12.2. The number of fused-ring (bicyclic) bond motifs is 1. The third-order valence-electron chi connectivity index (χ3n) is 3.80. The first-order valence-electron chi connectivity index (χ1n) is 6.92. The van der Waals surface area contributed by atoms with Crippen LogP contribution in [0.15, 0.2) is 48.5 Å². The Bertz CT molecular complexity index is 985. The predicted molar refractivity (Wildman–Crippen MR) is 83.5 cm³/mol. The molecule has 0 unspecified atom stereocenters. The van der Waals surface area contributed by atoms with Gasteiger partial charge in [-0.2, -0.15) is 18.4 Å². The molecule has 0 radical (unpaired) electrons. The van der Waals surface area contributed by atoms with Crippen LogP contribution in [0.1, 0.15) is 11.1 Å². The number of hydrogen-bond acceptors (Lipinski definition) is 2. The van der Waals surface area contributed by atoms with E-state index in [0.29, 0.717) is 0 Å². The Kier molecular flexibility index (Phi) is 3.64.